The minimum atomic E-state index is -0.179. The lowest BCUT2D eigenvalue weighted by Gasteiger charge is -2.13. The Kier molecular flexibility index (Phi) is 4.26. The molecule has 1 N–H and O–H groups in total. The van der Waals surface area contributed by atoms with E-state index in [0.717, 1.165) is 5.56 Å². The van der Waals surface area contributed by atoms with Crippen LogP contribution in [0.4, 0.5) is 4.39 Å². The lowest BCUT2D eigenvalue weighted by molar-refractivity contribution is 0.570. The van der Waals surface area contributed by atoms with Gasteiger partial charge in [0.2, 0.25) is 0 Å². The van der Waals surface area contributed by atoms with Crippen molar-refractivity contribution in [1.82, 2.24) is 5.32 Å². The molecule has 1 atom stereocenters. The maximum Gasteiger partial charge on any atom is 0.126 e. The molecule has 0 aliphatic carbocycles. The summed E-state index contributed by atoms with van der Waals surface area (Å²) in [6, 6.07) is 7.35. The zero-order chi connectivity index (χ0) is 11.3. The monoisotopic (exact) mass is 206 g/mol. The maximum absolute atomic E-state index is 13.2. The van der Waals surface area contributed by atoms with Crippen LogP contribution in [0.15, 0.2) is 18.2 Å². The van der Waals surface area contributed by atoms with Gasteiger partial charge in [0.25, 0.3) is 0 Å². The minimum Gasteiger partial charge on any atom is -0.309 e. The van der Waals surface area contributed by atoms with Crippen molar-refractivity contribution in [3.8, 4) is 6.07 Å². The van der Waals surface area contributed by atoms with Crippen LogP contribution in [0.1, 0.15) is 30.5 Å². The zero-order valence-corrected chi connectivity index (χ0v) is 9.05. The lowest BCUT2D eigenvalue weighted by Crippen LogP contribution is -2.19. The predicted octanol–water partition coefficient (Wildman–Crippen LogP) is 2.70. The summed E-state index contributed by atoms with van der Waals surface area (Å²) in [5, 5.41) is 11.5. The van der Waals surface area contributed by atoms with Crippen LogP contribution >= 0.6 is 0 Å². The highest BCUT2D eigenvalue weighted by Gasteiger charge is 2.06. The van der Waals surface area contributed by atoms with E-state index < -0.39 is 0 Å². The van der Waals surface area contributed by atoms with Gasteiger partial charge in [-0.05, 0) is 31.0 Å². The maximum atomic E-state index is 13.2. The molecule has 1 rings (SSSR count). The van der Waals surface area contributed by atoms with Crippen LogP contribution in [-0.4, -0.2) is 6.54 Å². The number of nitrogens with one attached hydrogen (secondary N) is 1. The van der Waals surface area contributed by atoms with Crippen molar-refractivity contribution in [3.63, 3.8) is 0 Å². The van der Waals surface area contributed by atoms with Crippen LogP contribution in [0, 0.1) is 24.1 Å². The Balaban J connectivity index is 2.62. The Bertz CT molecular complexity index is 368. The van der Waals surface area contributed by atoms with Gasteiger partial charge in [0.15, 0.2) is 0 Å². The molecule has 0 aromatic heterocycles. The van der Waals surface area contributed by atoms with E-state index in [1.165, 1.54) is 0 Å². The molecular formula is C12H15FN2. The van der Waals surface area contributed by atoms with Gasteiger partial charge >= 0.3 is 0 Å². The molecule has 0 heterocycles. The summed E-state index contributed by atoms with van der Waals surface area (Å²) < 4.78 is 13.2. The summed E-state index contributed by atoms with van der Waals surface area (Å²) in [6.07, 6.45) is 0.471. The summed E-state index contributed by atoms with van der Waals surface area (Å²) in [5.41, 5.74) is 1.57. The number of benzene rings is 1. The highest BCUT2D eigenvalue weighted by molar-refractivity contribution is 5.25. The molecule has 0 bridgehead atoms. The molecule has 0 saturated carbocycles. The van der Waals surface area contributed by atoms with Crippen molar-refractivity contribution in [2.24, 2.45) is 0 Å². The largest absolute Gasteiger partial charge is 0.309 e. The SMILES string of the molecule is Cc1ccc(C(C)NCCC#N)cc1F. The number of hydrogen-bond acceptors (Lipinski definition) is 2. The molecule has 0 aliphatic heterocycles. The number of nitrogens with zero attached hydrogens (tertiary/aromatic N) is 1. The van der Waals surface area contributed by atoms with Crippen molar-refractivity contribution in [1.29, 1.82) is 5.26 Å². The van der Waals surface area contributed by atoms with Gasteiger partial charge in [-0.15, -0.1) is 0 Å². The van der Waals surface area contributed by atoms with E-state index in [1.54, 1.807) is 19.1 Å². The van der Waals surface area contributed by atoms with Gasteiger partial charge < -0.3 is 5.32 Å². The van der Waals surface area contributed by atoms with Gasteiger partial charge in [-0.2, -0.15) is 5.26 Å². The second kappa shape index (κ2) is 5.47. The first kappa shape index (κ1) is 11.7. The fraction of sp³-hybridized carbons (Fsp3) is 0.417. The van der Waals surface area contributed by atoms with E-state index in [1.807, 2.05) is 13.0 Å². The molecule has 0 spiro atoms. The molecule has 2 nitrogen and oxygen atoms in total. The van der Waals surface area contributed by atoms with Crippen molar-refractivity contribution >= 4 is 0 Å². The first-order valence-corrected chi connectivity index (χ1v) is 5.01. The first-order valence-electron chi connectivity index (χ1n) is 5.01. The summed E-state index contributed by atoms with van der Waals surface area (Å²) in [5.74, 6) is -0.179. The third-order valence-electron chi connectivity index (χ3n) is 2.38. The highest BCUT2D eigenvalue weighted by Crippen LogP contribution is 2.15. The van der Waals surface area contributed by atoms with Gasteiger partial charge in [-0.1, -0.05) is 12.1 Å². The molecule has 0 fully saturated rings. The van der Waals surface area contributed by atoms with Gasteiger partial charge in [0, 0.05) is 19.0 Å². The summed E-state index contributed by atoms with van der Waals surface area (Å²) in [4.78, 5) is 0. The van der Waals surface area contributed by atoms with Crippen molar-refractivity contribution < 1.29 is 4.39 Å². The van der Waals surface area contributed by atoms with Gasteiger partial charge in [0.05, 0.1) is 6.07 Å². The topological polar surface area (TPSA) is 35.8 Å². The molecule has 80 valence electrons. The number of aryl methyl sites for hydroxylation is 1. The summed E-state index contributed by atoms with van der Waals surface area (Å²) in [6.45, 7) is 4.33. The normalized spacial score (nSPS) is 12.1. The average Bonchev–Trinajstić information content (AvgIpc) is 2.22. The molecule has 0 amide bonds. The number of hydrogen-bond donors (Lipinski definition) is 1. The lowest BCUT2D eigenvalue weighted by atomic mass is 10.1. The molecule has 0 saturated heterocycles. The minimum absolute atomic E-state index is 0.0773. The van der Waals surface area contributed by atoms with E-state index in [0.29, 0.717) is 18.5 Å². The Morgan fingerprint density at radius 1 is 1.53 bits per heavy atom. The number of nitriles is 1. The van der Waals surface area contributed by atoms with E-state index >= 15 is 0 Å². The second-order valence-electron chi connectivity index (χ2n) is 3.59. The van der Waals surface area contributed by atoms with Crippen molar-refractivity contribution in [2.75, 3.05) is 6.54 Å². The standard InChI is InChI=1S/C12H15FN2/c1-9-4-5-11(8-12(9)13)10(2)15-7-3-6-14/h4-5,8,10,15H,3,7H2,1-2H3. The summed E-state index contributed by atoms with van der Waals surface area (Å²) in [7, 11) is 0. The zero-order valence-electron chi connectivity index (χ0n) is 9.05. The fourth-order valence-corrected chi connectivity index (χ4v) is 1.34. The van der Waals surface area contributed by atoms with Crippen LogP contribution in [0.5, 0.6) is 0 Å². The second-order valence-corrected chi connectivity index (χ2v) is 3.59. The third kappa shape index (κ3) is 3.34. The molecule has 0 aliphatic rings. The number of halogens is 1. The molecule has 1 aromatic carbocycles. The molecule has 1 unspecified atom stereocenters. The van der Waals surface area contributed by atoms with Crippen LogP contribution < -0.4 is 5.32 Å². The van der Waals surface area contributed by atoms with E-state index in [-0.39, 0.29) is 11.9 Å². The third-order valence-corrected chi connectivity index (χ3v) is 2.38. The average molecular weight is 206 g/mol. The fourth-order valence-electron chi connectivity index (χ4n) is 1.34. The van der Waals surface area contributed by atoms with Crippen molar-refractivity contribution in [3.05, 3.63) is 35.1 Å². The Labute approximate surface area is 89.7 Å². The van der Waals surface area contributed by atoms with Crippen LogP contribution in [0.2, 0.25) is 0 Å². The molecule has 0 radical (unpaired) electrons. The van der Waals surface area contributed by atoms with Crippen LogP contribution in [-0.2, 0) is 0 Å². The highest BCUT2D eigenvalue weighted by atomic mass is 19.1. The Morgan fingerprint density at radius 3 is 2.87 bits per heavy atom. The van der Waals surface area contributed by atoms with Crippen LogP contribution in [0.25, 0.3) is 0 Å². The first-order chi connectivity index (χ1) is 7.15. The van der Waals surface area contributed by atoms with Gasteiger partial charge in [-0.25, -0.2) is 4.39 Å². The summed E-state index contributed by atoms with van der Waals surface area (Å²) >= 11 is 0. The van der Waals surface area contributed by atoms with Gasteiger partial charge in [0.1, 0.15) is 5.82 Å². The quantitative estimate of drug-likeness (QED) is 0.769. The number of rotatable bonds is 4. The van der Waals surface area contributed by atoms with Gasteiger partial charge in [-0.3, -0.25) is 0 Å². The molecule has 15 heavy (non-hydrogen) atoms. The van der Waals surface area contributed by atoms with E-state index in [2.05, 4.69) is 11.4 Å². The molecule has 3 heteroatoms. The van der Waals surface area contributed by atoms with E-state index in [9.17, 15) is 4.39 Å². The molecular weight excluding hydrogens is 191 g/mol. The Hall–Kier alpha value is -1.40. The smallest absolute Gasteiger partial charge is 0.126 e. The van der Waals surface area contributed by atoms with Crippen LogP contribution in [0.3, 0.4) is 0 Å². The van der Waals surface area contributed by atoms with Crippen molar-refractivity contribution in [2.45, 2.75) is 26.3 Å². The van der Waals surface area contributed by atoms with E-state index in [4.69, 9.17) is 5.26 Å². The Morgan fingerprint density at radius 2 is 2.27 bits per heavy atom. The molecule has 1 aromatic rings. The predicted molar refractivity (Wildman–Crippen MR) is 57.8 cm³/mol.